The van der Waals surface area contributed by atoms with Crippen molar-refractivity contribution in [2.75, 3.05) is 12.9 Å². The van der Waals surface area contributed by atoms with Gasteiger partial charge in [0, 0.05) is 28.3 Å². The molecule has 1 atom stereocenters. The Hall–Kier alpha value is -1.59. The van der Waals surface area contributed by atoms with Gasteiger partial charge < -0.3 is 10.5 Å². The van der Waals surface area contributed by atoms with Crippen molar-refractivity contribution in [3.63, 3.8) is 0 Å². The molecule has 0 aliphatic heterocycles. The SMILES string of the molecule is COc1cccc(SCC(N)c2ccc(F)cc2F)c1. The van der Waals surface area contributed by atoms with Gasteiger partial charge in [-0.15, -0.1) is 11.8 Å². The highest BCUT2D eigenvalue weighted by Gasteiger charge is 2.12. The quantitative estimate of drug-likeness (QED) is 0.853. The maximum Gasteiger partial charge on any atom is 0.130 e. The molecular weight excluding hydrogens is 280 g/mol. The minimum atomic E-state index is -0.608. The van der Waals surface area contributed by atoms with Crippen molar-refractivity contribution >= 4 is 11.8 Å². The van der Waals surface area contributed by atoms with E-state index in [9.17, 15) is 8.78 Å². The highest BCUT2D eigenvalue weighted by Crippen LogP contribution is 2.27. The summed E-state index contributed by atoms with van der Waals surface area (Å²) in [5, 5.41) is 0. The largest absolute Gasteiger partial charge is 0.497 e. The van der Waals surface area contributed by atoms with E-state index < -0.39 is 17.7 Å². The van der Waals surface area contributed by atoms with E-state index in [1.807, 2.05) is 24.3 Å². The molecule has 0 bridgehead atoms. The molecule has 0 heterocycles. The standard InChI is InChI=1S/C15H15F2NOS/c1-19-11-3-2-4-12(8-11)20-9-15(18)13-6-5-10(16)7-14(13)17/h2-8,15H,9,18H2,1H3. The highest BCUT2D eigenvalue weighted by molar-refractivity contribution is 7.99. The number of nitrogens with two attached hydrogens (primary N) is 1. The van der Waals surface area contributed by atoms with Crippen molar-refractivity contribution in [3.05, 3.63) is 59.7 Å². The monoisotopic (exact) mass is 295 g/mol. The van der Waals surface area contributed by atoms with Gasteiger partial charge in [-0.2, -0.15) is 0 Å². The minimum Gasteiger partial charge on any atom is -0.497 e. The number of halogens is 2. The van der Waals surface area contributed by atoms with Crippen LogP contribution in [-0.2, 0) is 0 Å². The highest BCUT2D eigenvalue weighted by atomic mass is 32.2. The van der Waals surface area contributed by atoms with Gasteiger partial charge in [-0.3, -0.25) is 0 Å². The van der Waals surface area contributed by atoms with Crippen molar-refractivity contribution in [3.8, 4) is 5.75 Å². The summed E-state index contributed by atoms with van der Waals surface area (Å²) in [5.41, 5.74) is 6.27. The summed E-state index contributed by atoms with van der Waals surface area (Å²) in [6.45, 7) is 0. The van der Waals surface area contributed by atoms with E-state index in [0.29, 0.717) is 11.3 Å². The molecule has 0 saturated carbocycles. The zero-order chi connectivity index (χ0) is 14.5. The van der Waals surface area contributed by atoms with E-state index in [4.69, 9.17) is 10.5 Å². The summed E-state index contributed by atoms with van der Waals surface area (Å²) in [6.07, 6.45) is 0. The molecule has 0 saturated heterocycles. The smallest absolute Gasteiger partial charge is 0.130 e. The van der Waals surface area contributed by atoms with Crippen LogP contribution in [0.3, 0.4) is 0 Å². The number of thioether (sulfide) groups is 1. The Labute approximate surface area is 120 Å². The lowest BCUT2D eigenvalue weighted by Gasteiger charge is -2.13. The van der Waals surface area contributed by atoms with Gasteiger partial charge in [0.25, 0.3) is 0 Å². The van der Waals surface area contributed by atoms with E-state index in [1.54, 1.807) is 7.11 Å². The number of methoxy groups -OCH3 is 1. The average molecular weight is 295 g/mol. The van der Waals surface area contributed by atoms with Crippen LogP contribution in [0.1, 0.15) is 11.6 Å². The van der Waals surface area contributed by atoms with Crippen LogP contribution in [0, 0.1) is 11.6 Å². The third-order valence-corrected chi connectivity index (χ3v) is 3.95. The first-order valence-corrected chi connectivity index (χ1v) is 7.06. The first-order valence-electron chi connectivity index (χ1n) is 6.07. The molecular formula is C15H15F2NOS. The van der Waals surface area contributed by atoms with Gasteiger partial charge in [-0.05, 0) is 24.3 Å². The average Bonchev–Trinajstić information content (AvgIpc) is 2.45. The van der Waals surface area contributed by atoms with Gasteiger partial charge in [0.1, 0.15) is 17.4 Å². The number of hydrogen-bond donors (Lipinski definition) is 1. The maximum absolute atomic E-state index is 13.6. The van der Waals surface area contributed by atoms with E-state index in [2.05, 4.69) is 0 Å². The van der Waals surface area contributed by atoms with Gasteiger partial charge in [0.15, 0.2) is 0 Å². The molecule has 2 nitrogen and oxygen atoms in total. The second-order valence-corrected chi connectivity index (χ2v) is 5.36. The van der Waals surface area contributed by atoms with Crippen LogP contribution in [0.5, 0.6) is 5.75 Å². The van der Waals surface area contributed by atoms with Crippen LogP contribution >= 0.6 is 11.8 Å². The molecule has 0 radical (unpaired) electrons. The summed E-state index contributed by atoms with van der Waals surface area (Å²) in [6, 6.07) is 10.5. The molecule has 0 aliphatic rings. The molecule has 2 aromatic carbocycles. The normalized spacial score (nSPS) is 12.2. The number of benzene rings is 2. The Bertz CT molecular complexity index is 592. The molecule has 20 heavy (non-hydrogen) atoms. The van der Waals surface area contributed by atoms with Gasteiger partial charge in [-0.25, -0.2) is 8.78 Å². The predicted octanol–water partition coefficient (Wildman–Crippen LogP) is 3.77. The Morgan fingerprint density at radius 3 is 2.70 bits per heavy atom. The fraction of sp³-hybridized carbons (Fsp3) is 0.200. The van der Waals surface area contributed by atoms with E-state index in [-0.39, 0.29) is 0 Å². The second-order valence-electron chi connectivity index (χ2n) is 4.26. The van der Waals surface area contributed by atoms with Crippen molar-refractivity contribution < 1.29 is 13.5 Å². The number of ether oxygens (including phenoxy) is 1. The van der Waals surface area contributed by atoms with Crippen LogP contribution < -0.4 is 10.5 Å². The summed E-state index contributed by atoms with van der Waals surface area (Å²) in [5.74, 6) is 0.0505. The molecule has 2 aromatic rings. The second kappa shape index (κ2) is 6.72. The predicted molar refractivity (Wildman–Crippen MR) is 77.0 cm³/mol. The first-order chi connectivity index (χ1) is 9.60. The lowest BCUT2D eigenvalue weighted by atomic mass is 10.1. The molecule has 0 aliphatic carbocycles. The fourth-order valence-corrected chi connectivity index (χ4v) is 2.69. The summed E-state index contributed by atoms with van der Waals surface area (Å²) < 4.78 is 31.6. The lowest BCUT2D eigenvalue weighted by molar-refractivity contribution is 0.413. The van der Waals surface area contributed by atoms with Crippen LogP contribution in [-0.4, -0.2) is 12.9 Å². The summed E-state index contributed by atoms with van der Waals surface area (Å²) >= 11 is 1.50. The minimum absolute atomic E-state index is 0.321. The Morgan fingerprint density at radius 1 is 1.20 bits per heavy atom. The molecule has 0 aromatic heterocycles. The van der Waals surface area contributed by atoms with Gasteiger partial charge in [0.2, 0.25) is 0 Å². The molecule has 0 amide bonds. The van der Waals surface area contributed by atoms with Crippen molar-refractivity contribution in [2.45, 2.75) is 10.9 Å². The van der Waals surface area contributed by atoms with Crippen molar-refractivity contribution in [1.29, 1.82) is 0 Å². The molecule has 106 valence electrons. The van der Waals surface area contributed by atoms with Crippen LogP contribution in [0.2, 0.25) is 0 Å². The van der Waals surface area contributed by atoms with Crippen LogP contribution in [0.15, 0.2) is 47.4 Å². The third-order valence-electron chi connectivity index (χ3n) is 2.83. The van der Waals surface area contributed by atoms with Crippen molar-refractivity contribution in [1.82, 2.24) is 0 Å². The Balaban J connectivity index is 2.02. The van der Waals surface area contributed by atoms with Crippen LogP contribution in [0.4, 0.5) is 8.78 Å². The van der Waals surface area contributed by atoms with Gasteiger partial charge >= 0.3 is 0 Å². The molecule has 2 N–H and O–H groups in total. The molecule has 5 heteroatoms. The fourth-order valence-electron chi connectivity index (χ4n) is 1.77. The number of rotatable bonds is 5. The van der Waals surface area contributed by atoms with Crippen molar-refractivity contribution in [2.24, 2.45) is 5.73 Å². The van der Waals surface area contributed by atoms with E-state index >= 15 is 0 Å². The molecule has 0 spiro atoms. The zero-order valence-electron chi connectivity index (χ0n) is 11.0. The summed E-state index contributed by atoms with van der Waals surface area (Å²) in [4.78, 5) is 0.988. The molecule has 0 fully saturated rings. The molecule has 2 rings (SSSR count). The lowest BCUT2D eigenvalue weighted by Crippen LogP contribution is -2.14. The van der Waals surface area contributed by atoms with Crippen LogP contribution in [0.25, 0.3) is 0 Å². The summed E-state index contributed by atoms with van der Waals surface area (Å²) in [7, 11) is 1.60. The first kappa shape index (κ1) is 14.8. The zero-order valence-corrected chi connectivity index (χ0v) is 11.8. The van der Waals surface area contributed by atoms with E-state index in [1.165, 1.54) is 23.9 Å². The topological polar surface area (TPSA) is 35.2 Å². The maximum atomic E-state index is 13.6. The van der Waals surface area contributed by atoms with Gasteiger partial charge in [-0.1, -0.05) is 12.1 Å². The Kier molecular flexibility index (Phi) is 4.98. The van der Waals surface area contributed by atoms with E-state index in [0.717, 1.165) is 16.7 Å². The Morgan fingerprint density at radius 2 is 2.00 bits per heavy atom. The third kappa shape index (κ3) is 3.71. The van der Waals surface area contributed by atoms with Gasteiger partial charge in [0.05, 0.1) is 7.11 Å². The molecule has 1 unspecified atom stereocenters. The number of hydrogen-bond acceptors (Lipinski definition) is 3.